The first kappa shape index (κ1) is 12.5. The molecule has 0 aliphatic carbocycles. The highest BCUT2D eigenvalue weighted by Gasteiger charge is 2.34. The summed E-state index contributed by atoms with van der Waals surface area (Å²) in [5.74, 6) is 1.14. The molecule has 1 fully saturated rings. The minimum Gasteiger partial charge on any atom is -0.388 e. The quantitative estimate of drug-likeness (QED) is 0.850. The van der Waals surface area contributed by atoms with Crippen LogP contribution in [-0.2, 0) is 23.0 Å². The molecule has 1 aliphatic rings. The van der Waals surface area contributed by atoms with E-state index in [-0.39, 0.29) is 12.4 Å². The summed E-state index contributed by atoms with van der Waals surface area (Å²) in [6.45, 7) is 2.25. The zero-order valence-corrected chi connectivity index (χ0v) is 10.7. The van der Waals surface area contributed by atoms with Crippen LogP contribution in [0, 0.1) is 0 Å². The second-order valence-corrected chi connectivity index (χ2v) is 6.53. The second-order valence-electron chi connectivity index (χ2n) is 4.23. The number of hydrogen-bond acceptors (Lipinski definition) is 5. The minimum atomic E-state index is -3.11. The number of nitrogens with zero attached hydrogens (tertiary/aromatic N) is 3. The molecule has 7 heteroatoms. The summed E-state index contributed by atoms with van der Waals surface area (Å²) < 4.78 is 25.7. The molecular formula is C10H17N3O3S. The first-order valence-electron chi connectivity index (χ1n) is 5.84. The third-order valence-electron chi connectivity index (χ3n) is 3.18. The van der Waals surface area contributed by atoms with Crippen molar-refractivity contribution in [1.82, 2.24) is 14.8 Å². The van der Waals surface area contributed by atoms with Crippen LogP contribution in [0.3, 0.4) is 0 Å². The van der Waals surface area contributed by atoms with Gasteiger partial charge < -0.3 is 9.67 Å². The lowest BCUT2D eigenvalue weighted by Crippen LogP contribution is -2.24. The maximum absolute atomic E-state index is 12.0. The maximum Gasteiger partial charge on any atom is 0.160 e. The lowest BCUT2D eigenvalue weighted by atomic mass is 10.2. The van der Waals surface area contributed by atoms with Crippen molar-refractivity contribution < 1.29 is 13.5 Å². The SMILES string of the molecule is CCn1c(CO)nnc1C1CCCCS1(=O)=O. The predicted octanol–water partition coefficient (Wildman–Crippen LogP) is 0.430. The first-order chi connectivity index (χ1) is 8.10. The van der Waals surface area contributed by atoms with Crippen LogP contribution in [0.15, 0.2) is 0 Å². The van der Waals surface area contributed by atoms with E-state index >= 15 is 0 Å². The summed E-state index contributed by atoms with van der Waals surface area (Å²) >= 11 is 0. The van der Waals surface area contributed by atoms with Gasteiger partial charge in [0, 0.05) is 6.54 Å². The first-order valence-corrected chi connectivity index (χ1v) is 7.56. The number of aromatic nitrogens is 3. The summed E-state index contributed by atoms with van der Waals surface area (Å²) in [4.78, 5) is 0. The molecule has 1 N–H and O–H groups in total. The average molecular weight is 259 g/mol. The van der Waals surface area contributed by atoms with Gasteiger partial charge in [-0.05, 0) is 19.8 Å². The Labute approximate surface area is 101 Å². The lowest BCUT2D eigenvalue weighted by Gasteiger charge is -2.22. The molecule has 0 spiro atoms. The highest BCUT2D eigenvalue weighted by atomic mass is 32.2. The van der Waals surface area contributed by atoms with Gasteiger partial charge in [-0.3, -0.25) is 0 Å². The fourth-order valence-corrected chi connectivity index (χ4v) is 4.21. The Morgan fingerprint density at radius 2 is 2.18 bits per heavy atom. The van der Waals surface area contributed by atoms with E-state index in [4.69, 9.17) is 5.11 Å². The molecule has 1 aromatic rings. The number of rotatable bonds is 3. The van der Waals surface area contributed by atoms with Gasteiger partial charge in [-0.15, -0.1) is 10.2 Å². The summed E-state index contributed by atoms with van der Waals surface area (Å²) in [5, 5.41) is 16.4. The smallest absolute Gasteiger partial charge is 0.160 e. The normalized spacial score (nSPS) is 23.8. The molecule has 1 aromatic heterocycles. The Bertz CT molecular complexity index is 495. The van der Waals surface area contributed by atoms with E-state index < -0.39 is 15.1 Å². The molecular weight excluding hydrogens is 242 g/mol. The van der Waals surface area contributed by atoms with Gasteiger partial charge in [0.15, 0.2) is 21.5 Å². The van der Waals surface area contributed by atoms with Crippen molar-refractivity contribution in [1.29, 1.82) is 0 Å². The topological polar surface area (TPSA) is 85.1 Å². The molecule has 0 amide bonds. The molecule has 6 nitrogen and oxygen atoms in total. The van der Waals surface area contributed by atoms with Crippen LogP contribution in [0.4, 0.5) is 0 Å². The third kappa shape index (κ3) is 2.21. The maximum atomic E-state index is 12.0. The zero-order chi connectivity index (χ0) is 12.5. The highest BCUT2D eigenvalue weighted by Crippen LogP contribution is 2.32. The van der Waals surface area contributed by atoms with Gasteiger partial charge in [0.05, 0.1) is 5.75 Å². The monoisotopic (exact) mass is 259 g/mol. The van der Waals surface area contributed by atoms with Crippen LogP contribution in [0.1, 0.15) is 43.1 Å². The summed E-state index contributed by atoms with van der Waals surface area (Å²) in [6.07, 6.45) is 2.23. The van der Waals surface area contributed by atoms with Crippen molar-refractivity contribution in [2.24, 2.45) is 0 Å². The third-order valence-corrected chi connectivity index (χ3v) is 5.35. The predicted molar refractivity (Wildman–Crippen MR) is 62.0 cm³/mol. The Hall–Kier alpha value is -0.950. The summed E-state index contributed by atoms with van der Waals surface area (Å²) in [6, 6.07) is 0. The van der Waals surface area contributed by atoms with Crippen LogP contribution >= 0.6 is 0 Å². The van der Waals surface area contributed by atoms with Crippen LogP contribution < -0.4 is 0 Å². The van der Waals surface area contributed by atoms with Gasteiger partial charge >= 0.3 is 0 Å². The van der Waals surface area contributed by atoms with E-state index in [0.717, 1.165) is 12.8 Å². The van der Waals surface area contributed by atoms with Gasteiger partial charge in [-0.2, -0.15) is 0 Å². The van der Waals surface area contributed by atoms with E-state index in [9.17, 15) is 8.42 Å². The molecule has 96 valence electrons. The molecule has 0 aromatic carbocycles. The fourth-order valence-electron chi connectivity index (χ4n) is 2.29. The van der Waals surface area contributed by atoms with Crippen molar-refractivity contribution in [3.63, 3.8) is 0 Å². The largest absolute Gasteiger partial charge is 0.388 e. The zero-order valence-electron chi connectivity index (χ0n) is 9.83. The number of aliphatic hydroxyl groups is 1. The van der Waals surface area contributed by atoms with Crippen molar-refractivity contribution >= 4 is 9.84 Å². The fraction of sp³-hybridized carbons (Fsp3) is 0.800. The summed E-state index contributed by atoms with van der Waals surface area (Å²) in [5.41, 5.74) is 0. The Kier molecular flexibility index (Phi) is 3.48. The van der Waals surface area contributed by atoms with Gasteiger partial charge in [0.1, 0.15) is 11.9 Å². The minimum absolute atomic E-state index is 0.215. The van der Waals surface area contributed by atoms with Crippen LogP contribution in [-0.4, -0.2) is 34.0 Å². The van der Waals surface area contributed by atoms with E-state index in [2.05, 4.69) is 10.2 Å². The summed E-state index contributed by atoms with van der Waals surface area (Å²) in [7, 11) is -3.11. The highest BCUT2D eigenvalue weighted by molar-refractivity contribution is 7.91. The van der Waals surface area contributed by atoms with E-state index in [1.165, 1.54) is 0 Å². The molecule has 1 aliphatic heterocycles. The molecule has 2 heterocycles. The Balaban J connectivity index is 2.42. The molecule has 0 bridgehead atoms. The van der Waals surface area contributed by atoms with Gasteiger partial charge in [-0.25, -0.2) is 8.42 Å². The van der Waals surface area contributed by atoms with Crippen molar-refractivity contribution in [2.45, 2.75) is 44.6 Å². The van der Waals surface area contributed by atoms with Crippen LogP contribution in [0.2, 0.25) is 0 Å². The molecule has 1 unspecified atom stereocenters. The lowest BCUT2D eigenvalue weighted by molar-refractivity contribution is 0.264. The average Bonchev–Trinajstić information content (AvgIpc) is 2.70. The Morgan fingerprint density at radius 1 is 1.41 bits per heavy atom. The molecule has 0 radical (unpaired) electrons. The van der Waals surface area contributed by atoms with Crippen molar-refractivity contribution in [3.8, 4) is 0 Å². The van der Waals surface area contributed by atoms with Crippen LogP contribution in [0.5, 0.6) is 0 Å². The molecule has 0 saturated carbocycles. The van der Waals surface area contributed by atoms with Gasteiger partial charge in [0.25, 0.3) is 0 Å². The molecule has 2 rings (SSSR count). The second kappa shape index (κ2) is 4.73. The number of sulfone groups is 1. The number of hydrogen-bond donors (Lipinski definition) is 1. The van der Waals surface area contributed by atoms with Crippen LogP contribution in [0.25, 0.3) is 0 Å². The van der Waals surface area contributed by atoms with Crippen molar-refractivity contribution in [3.05, 3.63) is 11.6 Å². The molecule has 1 atom stereocenters. The molecule has 1 saturated heterocycles. The van der Waals surface area contributed by atoms with Gasteiger partial charge in [-0.1, -0.05) is 6.42 Å². The van der Waals surface area contributed by atoms with E-state index in [1.54, 1.807) is 4.57 Å². The Morgan fingerprint density at radius 3 is 2.76 bits per heavy atom. The standard InChI is InChI=1S/C10H17N3O3S/c1-2-13-9(7-14)11-12-10(13)8-5-3-4-6-17(8,15)16/h8,14H,2-7H2,1H3. The van der Waals surface area contributed by atoms with Gasteiger partial charge in [0.2, 0.25) is 0 Å². The van der Waals surface area contributed by atoms with E-state index in [1.807, 2.05) is 6.92 Å². The van der Waals surface area contributed by atoms with Crippen molar-refractivity contribution in [2.75, 3.05) is 5.75 Å². The number of aliphatic hydroxyl groups excluding tert-OH is 1. The van der Waals surface area contributed by atoms with E-state index in [0.29, 0.717) is 24.6 Å². The molecule has 17 heavy (non-hydrogen) atoms.